The zero-order chi connectivity index (χ0) is 22.5. The Balaban J connectivity index is 1.41. The Morgan fingerprint density at radius 3 is 2.59 bits per heavy atom. The number of methoxy groups -OCH3 is 2. The third-order valence-electron chi connectivity index (χ3n) is 4.89. The van der Waals surface area contributed by atoms with Crippen molar-refractivity contribution in [3.05, 3.63) is 70.6 Å². The molecule has 0 saturated carbocycles. The van der Waals surface area contributed by atoms with E-state index >= 15 is 0 Å². The van der Waals surface area contributed by atoms with Gasteiger partial charge < -0.3 is 20.1 Å². The lowest BCUT2D eigenvalue weighted by Crippen LogP contribution is -2.21. The molecule has 0 unspecified atom stereocenters. The average Bonchev–Trinajstić information content (AvgIpc) is 3.40. The van der Waals surface area contributed by atoms with E-state index < -0.39 is 0 Å². The van der Waals surface area contributed by atoms with Crippen molar-refractivity contribution in [3.8, 4) is 11.5 Å². The Morgan fingerprint density at radius 2 is 1.84 bits per heavy atom. The van der Waals surface area contributed by atoms with Crippen LogP contribution >= 0.6 is 11.3 Å². The highest BCUT2D eigenvalue weighted by atomic mass is 32.1. The molecule has 0 bridgehead atoms. The van der Waals surface area contributed by atoms with Gasteiger partial charge in [-0.2, -0.15) is 5.10 Å². The van der Waals surface area contributed by atoms with Gasteiger partial charge in [-0.15, -0.1) is 11.3 Å². The number of rotatable bonds is 8. The first-order chi connectivity index (χ1) is 15.6. The summed E-state index contributed by atoms with van der Waals surface area (Å²) in [5.74, 6) is 1.47. The smallest absolute Gasteiger partial charge is 0.261 e. The van der Waals surface area contributed by atoms with Crippen LogP contribution in [0.2, 0.25) is 0 Å². The third-order valence-corrected chi connectivity index (χ3v) is 5.92. The maximum absolute atomic E-state index is 12.6. The van der Waals surface area contributed by atoms with Crippen molar-refractivity contribution >= 4 is 39.2 Å². The molecule has 0 spiro atoms. The van der Waals surface area contributed by atoms with E-state index in [4.69, 9.17) is 9.47 Å². The van der Waals surface area contributed by atoms with Gasteiger partial charge in [0.25, 0.3) is 5.91 Å². The fourth-order valence-electron chi connectivity index (χ4n) is 3.24. The zero-order valence-corrected chi connectivity index (χ0v) is 18.4. The van der Waals surface area contributed by atoms with E-state index in [2.05, 4.69) is 20.8 Å². The standard InChI is InChI=1S/C23H22N4O4S/c1-30-16-9-7-14(8-10-16)13-24-22(29)19-12-17-21(26-27-23(17)32-19)25-20(28)11-15-5-3-4-6-18(15)31-2/h3-10,12H,11,13H2,1-2H3,(H,24,29)(H2,25,26,27,28). The second-order valence-electron chi connectivity index (χ2n) is 7.00. The highest BCUT2D eigenvalue weighted by Gasteiger charge is 2.17. The molecule has 2 amide bonds. The average molecular weight is 451 g/mol. The predicted molar refractivity (Wildman–Crippen MR) is 123 cm³/mol. The van der Waals surface area contributed by atoms with E-state index in [1.54, 1.807) is 20.3 Å². The van der Waals surface area contributed by atoms with Gasteiger partial charge in [-0.1, -0.05) is 30.3 Å². The number of anilines is 1. The molecule has 164 valence electrons. The molecule has 32 heavy (non-hydrogen) atoms. The lowest BCUT2D eigenvalue weighted by molar-refractivity contribution is -0.115. The van der Waals surface area contributed by atoms with Gasteiger partial charge in [-0.3, -0.25) is 14.7 Å². The third kappa shape index (κ3) is 4.73. The van der Waals surface area contributed by atoms with Crippen LogP contribution in [-0.4, -0.2) is 36.2 Å². The molecule has 0 aliphatic heterocycles. The minimum atomic E-state index is -0.211. The molecule has 8 nitrogen and oxygen atoms in total. The lowest BCUT2D eigenvalue weighted by atomic mass is 10.1. The number of fused-ring (bicyclic) bond motifs is 1. The summed E-state index contributed by atoms with van der Waals surface area (Å²) in [6.07, 6.45) is 0.157. The summed E-state index contributed by atoms with van der Waals surface area (Å²) in [5.41, 5.74) is 1.75. The van der Waals surface area contributed by atoms with Crippen LogP contribution in [0.15, 0.2) is 54.6 Å². The largest absolute Gasteiger partial charge is 0.497 e. The Kier molecular flexibility index (Phi) is 6.37. The van der Waals surface area contributed by atoms with Crippen molar-refractivity contribution in [2.75, 3.05) is 19.5 Å². The molecule has 3 N–H and O–H groups in total. The van der Waals surface area contributed by atoms with Crippen molar-refractivity contribution in [2.45, 2.75) is 13.0 Å². The summed E-state index contributed by atoms with van der Waals surface area (Å²) in [6, 6.07) is 16.6. The van der Waals surface area contributed by atoms with Crippen molar-refractivity contribution in [3.63, 3.8) is 0 Å². The second-order valence-corrected chi connectivity index (χ2v) is 8.03. The van der Waals surface area contributed by atoms with Crippen molar-refractivity contribution in [1.82, 2.24) is 15.5 Å². The van der Waals surface area contributed by atoms with Crippen LogP contribution in [0.25, 0.3) is 10.2 Å². The molecule has 0 aliphatic rings. The lowest BCUT2D eigenvalue weighted by Gasteiger charge is -2.08. The van der Waals surface area contributed by atoms with Crippen molar-refractivity contribution < 1.29 is 19.1 Å². The fraction of sp³-hybridized carbons (Fsp3) is 0.174. The number of hydrogen-bond donors (Lipinski definition) is 3. The number of para-hydroxylation sites is 1. The number of amides is 2. The highest BCUT2D eigenvalue weighted by Crippen LogP contribution is 2.29. The zero-order valence-electron chi connectivity index (χ0n) is 17.6. The minimum Gasteiger partial charge on any atom is -0.497 e. The van der Waals surface area contributed by atoms with Gasteiger partial charge in [0.1, 0.15) is 22.1 Å². The Hall–Kier alpha value is -3.85. The number of aromatic amines is 1. The molecular formula is C23H22N4O4S. The van der Waals surface area contributed by atoms with Gasteiger partial charge in [-0.05, 0) is 29.8 Å². The quantitative estimate of drug-likeness (QED) is 0.379. The van der Waals surface area contributed by atoms with Crippen LogP contribution in [0.4, 0.5) is 5.82 Å². The van der Waals surface area contributed by atoms with E-state index in [0.29, 0.717) is 33.2 Å². The van der Waals surface area contributed by atoms with E-state index in [9.17, 15) is 9.59 Å². The molecule has 0 fully saturated rings. The molecule has 2 heterocycles. The van der Waals surface area contributed by atoms with E-state index in [0.717, 1.165) is 16.9 Å². The molecule has 2 aromatic heterocycles. The topological polar surface area (TPSA) is 105 Å². The number of hydrogen-bond acceptors (Lipinski definition) is 6. The van der Waals surface area contributed by atoms with Crippen LogP contribution in [0.5, 0.6) is 11.5 Å². The monoisotopic (exact) mass is 450 g/mol. The Morgan fingerprint density at radius 1 is 1.06 bits per heavy atom. The van der Waals surface area contributed by atoms with E-state index in [-0.39, 0.29) is 18.2 Å². The number of carbonyl (C=O) groups excluding carboxylic acids is 2. The first-order valence-corrected chi connectivity index (χ1v) is 10.7. The number of thiophene rings is 1. The molecule has 2 aromatic carbocycles. The normalized spacial score (nSPS) is 10.7. The number of benzene rings is 2. The molecule has 4 rings (SSSR count). The van der Waals surface area contributed by atoms with Gasteiger partial charge >= 0.3 is 0 Å². The van der Waals surface area contributed by atoms with Gasteiger partial charge in [0.15, 0.2) is 0 Å². The molecule has 9 heteroatoms. The number of ether oxygens (including phenoxy) is 2. The first-order valence-electron chi connectivity index (χ1n) is 9.88. The maximum atomic E-state index is 12.6. The number of aromatic nitrogens is 2. The molecular weight excluding hydrogens is 428 g/mol. The van der Waals surface area contributed by atoms with Crippen LogP contribution in [0.1, 0.15) is 20.8 Å². The SMILES string of the molecule is COc1ccc(CNC(=O)c2cc3c(NC(=O)Cc4ccccc4OC)[nH]nc3s2)cc1. The molecule has 4 aromatic rings. The molecule has 0 atom stereocenters. The molecule has 0 saturated heterocycles. The molecule has 0 radical (unpaired) electrons. The summed E-state index contributed by atoms with van der Waals surface area (Å²) in [5, 5.41) is 13.5. The number of carbonyl (C=O) groups is 2. The fourth-order valence-corrected chi connectivity index (χ4v) is 4.15. The van der Waals surface area contributed by atoms with Crippen molar-refractivity contribution in [1.29, 1.82) is 0 Å². The summed E-state index contributed by atoms with van der Waals surface area (Å²) in [6.45, 7) is 0.396. The van der Waals surface area contributed by atoms with Gasteiger partial charge in [0.05, 0.1) is 30.9 Å². The Bertz CT molecular complexity index is 1250. The number of nitrogens with zero attached hydrogens (tertiary/aromatic N) is 1. The van der Waals surface area contributed by atoms with Crippen LogP contribution < -0.4 is 20.1 Å². The summed E-state index contributed by atoms with van der Waals surface area (Å²) >= 11 is 1.26. The van der Waals surface area contributed by atoms with E-state index in [1.165, 1.54) is 11.3 Å². The maximum Gasteiger partial charge on any atom is 0.261 e. The van der Waals surface area contributed by atoms with Crippen LogP contribution in [0.3, 0.4) is 0 Å². The van der Waals surface area contributed by atoms with E-state index in [1.807, 2.05) is 48.5 Å². The van der Waals surface area contributed by atoms with Gasteiger partial charge in [0, 0.05) is 12.1 Å². The van der Waals surface area contributed by atoms with Crippen molar-refractivity contribution in [2.24, 2.45) is 0 Å². The van der Waals surface area contributed by atoms with Gasteiger partial charge in [0.2, 0.25) is 5.91 Å². The van der Waals surface area contributed by atoms with Crippen LogP contribution in [0, 0.1) is 0 Å². The summed E-state index contributed by atoms with van der Waals surface area (Å²) in [4.78, 5) is 26.3. The minimum absolute atomic E-state index is 0.157. The van der Waals surface area contributed by atoms with Crippen LogP contribution in [-0.2, 0) is 17.8 Å². The number of nitrogens with one attached hydrogen (secondary N) is 3. The Labute approximate surface area is 188 Å². The summed E-state index contributed by atoms with van der Waals surface area (Å²) < 4.78 is 10.4. The van der Waals surface area contributed by atoms with Gasteiger partial charge in [-0.25, -0.2) is 0 Å². The second kappa shape index (κ2) is 9.52. The predicted octanol–water partition coefficient (Wildman–Crippen LogP) is 3.75. The highest BCUT2D eigenvalue weighted by molar-refractivity contribution is 7.20. The molecule has 0 aliphatic carbocycles. The number of H-pyrrole nitrogens is 1. The summed E-state index contributed by atoms with van der Waals surface area (Å²) in [7, 11) is 3.18. The first kappa shape index (κ1) is 21.4.